The third-order valence-electron chi connectivity index (χ3n) is 2.14. The van der Waals surface area contributed by atoms with Crippen molar-refractivity contribution >= 4 is 40.1 Å². The third-order valence-corrected chi connectivity index (χ3v) is 2.66. The highest BCUT2D eigenvalue weighted by atomic mass is 35.5. The molecule has 1 heterocycles. The zero-order chi connectivity index (χ0) is 11.2. The minimum Gasteiger partial charge on any atom is -0.475 e. The zero-order valence-corrected chi connectivity index (χ0v) is 9.19. The summed E-state index contributed by atoms with van der Waals surface area (Å²) in [5.41, 5.74) is 0.904. The number of carboxylic acids is 1. The number of carbonyl (C=O) groups is 1. The van der Waals surface area contributed by atoms with Crippen LogP contribution in [0.1, 0.15) is 16.1 Å². The number of benzene rings is 1. The maximum atomic E-state index is 10.8. The van der Waals surface area contributed by atoms with Gasteiger partial charge in [0, 0.05) is 22.0 Å². The van der Waals surface area contributed by atoms with Gasteiger partial charge in [0.15, 0.2) is 0 Å². The molecule has 0 unspecified atom stereocenters. The summed E-state index contributed by atoms with van der Waals surface area (Å²) >= 11 is 11.7. The molecule has 78 valence electrons. The number of halogens is 2. The Bertz CT molecular complexity index is 557. The van der Waals surface area contributed by atoms with E-state index in [1.54, 1.807) is 19.1 Å². The van der Waals surface area contributed by atoms with Crippen molar-refractivity contribution in [1.29, 1.82) is 0 Å². The van der Waals surface area contributed by atoms with Gasteiger partial charge in [0.1, 0.15) is 5.58 Å². The van der Waals surface area contributed by atoms with Crippen LogP contribution in [-0.4, -0.2) is 11.1 Å². The zero-order valence-electron chi connectivity index (χ0n) is 7.67. The number of aromatic carboxylic acids is 1. The molecule has 1 aromatic carbocycles. The second-order valence-corrected chi connectivity index (χ2v) is 3.97. The second kappa shape index (κ2) is 3.43. The fourth-order valence-corrected chi connectivity index (χ4v) is 2.11. The van der Waals surface area contributed by atoms with Gasteiger partial charge in [0.05, 0.1) is 5.02 Å². The molecule has 0 bridgehead atoms. The fourth-order valence-electron chi connectivity index (χ4n) is 1.50. The summed E-state index contributed by atoms with van der Waals surface area (Å²) in [6.07, 6.45) is 0. The van der Waals surface area contributed by atoms with Gasteiger partial charge in [-0.2, -0.15) is 0 Å². The Morgan fingerprint density at radius 3 is 2.67 bits per heavy atom. The molecule has 15 heavy (non-hydrogen) atoms. The second-order valence-electron chi connectivity index (χ2n) is 3.12. The van der Waals surface area contributed by atoms with Crippen LogP contribution in [0.4, 0.5) is 0 Å². The normalized spacial score (nSPS) is 10.9. The quantitative estimate of drug-likeness (QED) is 0.832. The van der Waals surface area contributed by atoms with E-state index in [-0.39, 0.29) is 5.76 Å². The molecule has 0 saturated heterocycles. The van der Waals surface area contributed by atoms with Crippen molar-refractivity contribution in [3.63, 3.8) is 0 Å². The molecule has 2 rings (SSSR count). The molecule has 5 heteroatoms. The molecule has 0 aliphatic rings. The monoisotopic (exact) mass is 244 g/mol. The van der Waals surface area contributed by atoms with Crippen molar-refractivity contribution in [2.45, 2.75) is 6.92 Å². The highest BCUT2D eigenvalue weighted by Crippen LogP contribution is 2.33. The molecule has 3 nitrogen and oxygen atoms in total. The van der Waals surface area contributed by atoms with Gasteiger partial charge in [0.2, 0.25) is 5.76 Å². The Morgan fingerprint density at radius 1 is 1.40 bits per heavy atom. The molecule has 0 fully saturated rings. The predicted octanol–water partition coefficient (Wildman–Crippen LogP) is 3.75. The van der Waals surface area contributed by atoms with Crippen molar-refractivity contribution in [3.05, 3.63) is 33.5 Å². The molecule has 0 saturated carbocycles. The third kappa shape index (κ3) is 1.58. The molecule has 0 atom stereocenters. The smallest absolute Gasteiger partial charge is 0.372 e. The summed E-state index contributed by atoms with van der Waals surface area (Å²) in [6, 6.07) is 3.10. The predicted molar refractivity (Wildman–Crippen MR) is 57.9 cm³/mol. The van der Waals surface area contributed by atoms with E-state index < -0.39 is 5.97 Å². The minimum absolute atomic E-state index is 0.103. The van der Waals surface area contributed by atoms with Crippen LogP contribution >= 0.6 is 23.2 Å². The lowest BCUT2D eigenvalue weighted by Gasteiger charge is -1.94. The molecule has 1 aromatic heterocycles. The summed E-state index contributed by atoms with van der Waals surface area (Å²) < 4.78 is 5.15. The van der Waals surface area contributed by atoms with Crippen LogP contribution < -0.4 is 0 Å². The van der Waals surface area contributed by atoms with E-state index in [0.717, 1.165) is 0 Å². The van der Waals surface area contributed by atoms with Crippen LogP contribution in [0.5, 0.6) is 0 Å². The van der Waals surface area contributed by atoms with E-state index >= 15 is 0 Å². The van der Waals surface area contributed by atoms with E-state index in [4.69, 9.17) is 32.7 Å². The number of hydrogen-bond acceptors (Lipinski definition) is 2. The van der Waals surface area contributed by atoms with Crippen LogP contribution in [0.25, 0.3) is 11.0 Å². The Labute approximate surface area is 95.2 Å². The van der Waals surface area contributed by atoms with Gasteiger partial charge in [0.25, 0.3) is 0 Å². The van der Waals surface area contributed by atoms with Crippen molar-refractivity contribution < 1.29 is 14.3 Å². The van der Waals surface area contributed by atoms with Gasteiger partial charge in [-0.25, -0.2) is 4.79 Å². The van der Waals surface area contributed by atoms with Crippen LogP contribution in [0.15, 0.2) is 16.5 Å². The summed E-state index contributed by atoms with van der Waals surface area (Å²) in [5.74, 6) is -1.22. The van der Waals surface area contributed by atoms with Crippen molar-refractivity contribution in [1.82, 2.24) is 0 Å². The number of carboxylic acid groups (broad SMARTS) is 1. The molecule has 2 aromatic rings. The lowest BCUT2D eigenvalue weighted by atomic mass is 10.1. The standard InChI is InChI=1S/C10H6Cl2O3/c1-4-8-6(12)2-5(11)3-7(8)15-9(4)10(13)14/h2-3H,1H3,(H,13,14). The summed E-state index contributed by atoms with van der Waals surface area (Å²) in [6.45, 7) is 1.65. The molecular weight excluding hydrogens is 239 g/mol. The highest BCUT2D eigenvalue weighted by molar-refractivity contribution is 6.38. The molecule has 0 aliphatic heterocycles. The van der Waals surface area contributed by atoms with Crippen LogP contribution in [-0.2, 0) is 0 Å². The molecular formula is C10H6Cl2O3. The first-order valence-electron chi connectivity index (χ1n) is 4.12. The van der Waals surface area contributed by atoms with Crippen molar-refractivity contribution in [2.24, 2.45) is 0 Å². The maximum absolute atomic E-state index is 10.8. The molecule has 0 spiro atoms. The number of hydrogen-bond donors (Lipinski definition) is 1. The largest absolute Gasteiger partial charge is 0.475 e. The Morgan fingerprint density at radius 2 is 2.07 bits per heavy atom. The first-order chi connectivity index (χ1) is 7.00. The Hall–Kier alpha value is -1.19. The molecule has 0 radical (unpaired) electrons. The average molecular weight is 245 g/mol. The van der Waals surface area contributed by atoms with Gasteiger partial charge in [-0.05, 0) is 13.0 Å². The lowest BCUT2D eigenvalue weighted by molar-refractivity contribution is 0.0664. The SMILES string of the molecule is Cc1c(C(=O)O)oc2cc(Cl)cc(Cl)c12. The minimum atomic E-state index is -1.11. The van der Waals surface area contributed by atoms with Gasteiger partial charge >= 0.3 is 5.97 Å². The van der Waals surface area contributed by atoms with Gasteiger partial charge in [-0.15, -0.1) is 0 Å². The molecule has 0 aliphatic carbocycles. The maximum Gasteiger partial charge on any atom is 0.372 e. The highest BCUT2D eigenvalue weighted by Gasteiger charge is 2.18. The molecule has 0 amide bonds. The average Bonchev–Trinajstić information content (AvgIpc) is 2.42. The number of fused-ring (bicyclic) bond motifs is 1. The fraction of sp³-hybridized carbons (Fsp3) is 0.100. The van der Waals surface area contributed by atoms with E-state index in [2.05, 4.69) is 0 Å². The Balaban J connectivity index is 2.88. The van der Waals surface area contributed by atoms with Crippen molar-refractivity contribution in [3.8, 4) is 0 Å². The summed E-state index contributed by atoms with van der Waals surface area (Å²) in [4.78, 5) is 10.8. The molecule has 1 N–H and O–H groups in total. The first-order valence-corrected chi connectivity index (χ1v) is 4.87. The van der Waals surface area contributed by atoms with Crippen LogP contribution in [0, 0.1) is 6.92 Å². The van der Waals surface area contributed by atoms with Crippen molar-refractivity contribution in [2.75, 3.05) is 0 Å². The first kappa shape index (κ1) is 10.3. The number of furan rings is 1. The van der Waals surface area contributed by atoms with E-state index in [9.17, 15) is 4.79 Å². The van der Waals surface area contributed by atoms with Gasteiger partial charge in [-0.1, -0.05) is 23.2 Å². The van der Waals surface area contributed by atoms with E-state index in [1.807, 2.05) is 0 Å². The number of rotatable bonds is 1. The number of aryl methyl sites for hydroxylation is 1. The van der Waals surface area contributed by atoms with Gasteiger partial charge < -0.3 is 9.52 Å². The Kier molecular flexibility index (Phi) is 2.37. The lowest BCUT2D eigenvalue weighted by Crippen LogP contribution is -1.95. The van der Waals surface area contributed by atoms with E-state index in [1.165, 1.54) is 0 Å². The topological polar surface area (TPSA) is 50.4 Å². The summed E-state index contributed by atoms with van der Waals surface area (Å²) in [5, 5.41) is 10.3. The van der Waals surface area contributed by atoms with Gasteiger partial charge in [-0.3, -0.25) is 0 Å². The van der Waals surface area contributed by atoms with Crippen LogP contribution in [0.3, 0.4) is 0 Å². The van der Waals surface area contributed by atoms with Crippen LogP contribution in [0.2, 0.25) is 10.0 Å². The van der Waals surface area contributed by atoms with E-state index in [0.29, 0.717) is 26.6 Å². The summed E-state index contributed by atoms with van der Waals surface area (Å²) in [7, 11) is 0.